The summed E-state index contributed by atoms with van der Waals surface area (Å²) in [7, 11) is 1.57. The van der Waals surface area contributed by atoms with Gasteiger partial charge in [-0.3, -0.25) is 9.69 Å². The smallest absolute Gasteiger partial charge is 0.411 e. The first-order valence-corrected chi connectivity index (χ1v) is 9.88. The fraction of sp³-hybridized carbons (Fsp3) is 0.650. The maximum absolute atomic E-state index is 13.1. The number of ether oxygens (including phenoxy) is 2. The molecule has 1 amide bonds. The van der Waals surface area contributed by atoms with Gasteiger partial charge in [0.05, 0.1) is 25.3 Å². The summed E-state index contributed by atoms with van der Waals surface area (Å²) in [6, 6.07) is 2.84. The molecule has 6 nitrogen and oxygen atoms in total. The third-order valence-corrected chi connectivity index (χ3v) is 5.40. The lowest BCUT2D eigenvalue weighted by atomic mass is 9.84. The van der Waals surface area contributed by atoms with Gasteiger partial charge >= 0.3 is 6.09 Å². The summed E-state index contributed by atoms with van der Waals surface area (Å²) in [5.74, 6) is 0.578. The van der Waals surface area contributed by atoms with Crippen molar-refractivity contribution in [3.8, 4) is 5.75 Å². The molecule has 1 saturated heterocycles. The Bertz CT molecular complexity index is 727. The molecule has 1 aromatic rings. The summed E-state index contributed by atoms with van der Waals surface area (Å²) in [5, 5.41) is 0. The number of ketones is 1. The fourth-order valence-corrected chi connectivity index (χ4v) is 3.77. The van der Waals surface area contributed by atoms with Crippen molar-refractivity contribution in [2.45, 2.75) is 72.1 Å². The molecule has 150 valence electrons. The van der Waals surface area contributed by atoms with Crippen molar-refractivity contribution in [3.63, 3.8) is 0 Å². The monoisotopic (exact) mass is 440 g/mol. The average molecular weight is 441 g/mol. The zero-order valence-corrected chi connectivity index (χ0v) is 18.7. The normalized spacial score (nSPS) is 21.9. The number of hydrogen-bond acceptors (Lipinski definition) is 5. The van der Waals surface area contributed by atoms with Crippen molar-refractivity contribution in [1.29, 1.82) is 0 Å². The number of likely N-dealkylation sites (tertiary alicyclic amines) is 1. The summed E-state index contributed by atoms with van der Waals surface area (Å²) >= 11 is 3.34. The third-order valence-electron chi connectivity index (χ3n) is 4.99. The van der Waals surface area contributed by atoms with E-state index in [9.17, 15) is 9.59 Å². The van der Waals surface area contributed by atoms with Gasteiger partial charge in [0.2, 0.25) is 0 Å². The van der Waals surface area contributed by atoms with Gasteiger partial charge in [-0.1, -0.05) is 13.8 Å². The minimum Gasteiger partial charge on any atom is -0.497 e. The van der Waals surface area contributed by atoms with E-state index in [1.54, 1.807) is 24.1 Å². The van der Waals surface area contributed by atoms with E-state index < -0.39 is 17.7 Å². The van der Waals surface area contributed by atoms with Crippen LogP contribution in [0.5, 0.6) is 5.75 Å². The molecule has 0 radical (unpaired) electrons. The summed E-state index contributed by atoms with van der Waals surface area (Å²) in [6.45, 7) is 11.6. The van der Waals surface area contributed by atoms with Crippen LogP contribution in [0.4, 0.5) is 4.79 Å². The number of halogens is 1. The molecule has 1 aromatic heterocycles. The van der Waals surface area contributed by atoms with Crippen LogP contribution >= 0.6 is 15.9 Å². The number of carbonyl (C=O) groups is 2. The molecule has 2 atom stereocenters. The van der Waals surface area contributed by atoms with Crippen LogP contribution in [0.25, 0.3) is 0 Å². The number of hydrogen-bond donors (Lipinski definition) is 0. The molecule has 27 heavy (non-hydrogen) atoms. The van der Waals surface area contributed by atoms with E-state index in [1.165, 1.54) is 0 Å². The first-order chi connectivity index (χ1) is 12.3. The Morgan fingerprint density at radius 3 is 2.52 bits per heavy atom. The minimum absolute atomic E-state index is 0.0501. The van der Waals surface area contributed by atoms with E-state index in [2.05, 4.69) is 34.8 Å². The van der Waals surface area contributed by atoms with Crippen LogP contribution < -0.4 is 4.74 Å². The topological polar surface area (TPSA) is 68.7 Å². The van der Waals surface area contributed by atoms with Crippen LogP contribution in [0, 0.1) is 5.41 Å². The van der Waals surface area contributed by atoms with E-state index >= 15 is 0 Å². The highest BCUT2D eigenvalue weighted by Gasteiger charge is 2.50. The number of aromatic nitrogens is 1. The lowest BCUT2D eigenvalue weighted by molar-refractivity contribution is -0.123. The first-order valence-electron chi connectivity index (χ1n) is 9.08. The zero-order chi connectivity index (χ0) is 20.6. The van der Waals surface area contributed by atoms with Gasteiger partial charge in [0, 0.05) is 18.2 Å². The van der Waals surface area contributed by atoms with Crippen LogP contribution in [0.1, 0.15) is 53.7 Å². The Balaban J connectivity index is 2.26. The molecule has 1 aliphatic heterocycles. The quantitative estimate of drug-likeness (QED) is 0.649. The van der Waals surface area contributed by atoms with Crippen LogP contribution in [-0.2, 0) is 16.0 Å². The predicted octanol–water partition coefficient (Wildman–Crippen LogP) is 4.39. The molecule has 0 N–H and O–H groups in total. The molecule has 2 rings (SSSR count). The summed E-state index contributed by atoms with van der Waals surface area (Å²) in [5.41, 5.74) is -0.191. The second-order valence-electron chi connectivity index (χ2n) is 8.74. The van der Waals surface area contributed by atoms with Crippen molar-refractivity contribution in [3.05, 3.63) is 22.4 Å². The first kappa shape index (κ1) is 21.7. The third kappa shape index (κ3) is 5.21. The molecule has 1 fully saturated rings. The van der Waals surface area contributed by atoms with Gasteiger partial charge in [0.25, 0.3) is 0 Å². The SMILES string of the molecule is COc1cc(Br)nc(CC(=O)[C@@H]2CC(C)(C)[C@@H](C)N2C(=O)OC(C)(C)C)c1. The second-order valence-corrected chi connectivity index (χ2v) is 9.55. The molecule has 1 aliphatic rings. The summed E-state index contributed by atoms with van der Waals surface area (Å²) in [4.78, 5) is 31.8. The molecule has 2 heterocycles. The van der Waals surface area contributed by atoms with Gasteiger partial charge in [-0.05, 0) is 55.5 Å². The number of rotatable bonds is 4. The van der Waals surface area contributed by atoms with Crippen LogP contribution in [0.3, 0.4) is 0 Å². The second kappa shape index (κ2) is 7.78. The summed E-state index contributed by atoms with van der Waals surface area (Å²) < 4.78 is 11.4. The zero-order valence-electron chi connectivity index (χ0n) is 17.1. The fourth-order valence-electron chi connectivity index (χ4n) is 3.31. The van der Waals surface area contributed by atoms with Crippen LogP contribution in [0.2, 0.25) is 0 Å². The van der Waals surface area contributed by atoms with Gasteiger partial charge < -0.3 is 9.47 Å². The number of amides is 1. The Morgan fingerprint density at radius 2 is 1.96 bits per heavy atom. The number of carbonyl (C=O) groups excluding carboxylic acids is 2. The molecule has 0 spiro atoms. The maximum Gasteiger partial charge on any atom is 0.411 e. The number of methoxy groups -OCH3 is 1. The highest BCUT2D eigenvalue weighted by atomic mass is 79.9. The molecule has 7 heteroatoms. The van der Waals surface area contributed by atoms with E-state index in [-0.39, 0.29) is 23.7 Å². The predicted molar refractivity (Wildman–Crippen MR) is 107 cm³/mol. The summed E-state index contributed by atoms with van der Waals surface area (Å²) in [6.07, 6.45) is 0.277. The van der Waals surface area contributed by atoms with Gasteiger partial charge in [-0.25, -0.2) is 9.78 Å². The van der Waals surface area contributed by atoms with E-state index in [0.717, 1.165) is 0 Å². The Morgan fingerprint density at radius 1 is 1.33 bits per heavy atom. The number of nitrogens with zero attached hydrogens (tertiary/aromatic N) is 2. The molecule has 0 aliphatic carbocycles. The lowest BCUT2D eigenvalue weighted by Gasteiger charge is -2.33. The Hall–Kier alpha value is -1.63. The van der Waals surface area contributed by atoms with Gasteiger partial charge in [-0.15, -0.1) is 0 Å². The molecule has 0 saturated carbocycles. The molecular weight excluding hydrogens is 412 g/mol. The van der Waals surface area contributed by atoms with Crippen molar-refractivity contribution >= 4 is 27.8 Å². The lowest BCUT2D eigenvalue weighted by Crippen LogP contribution is -2.47. The Labute approximate surface area is 169 Å². The van der Waals surface area contributed by atoms with Crippen molar-refractivity contribution in [2.24, 2.45) is 5.41 Å². The number of Topliss-reactive ketones (excluding diaryl/α,β-unsaturated/α-hetero) is 1. The standard InChI is InChI=1S/C20H29BrN2O4/c1-12-20(5,6)11-15(23(12)18(25)27-19(2,3)4)16(24)9-13-8-14(26-7)10-17(21)22-13/h8,10,12,15H,9,11H2,1-7H3/t12-,15+/m1/s1. The van der Waals surface area contributed by atoms with Gasteiger partial charge in [-0.2, -0.15) is 0 Å². The van der Waals surface area contributed by atoms with Crippen molar-refractivity contribution in [2.75, 3.05) is 7.11 Å². The van der Waals surface area contributed by atoms with Crippen LogP contribution in [-0.4, -0.2) is 46.6 Å². The van der Waals surface area contributed by atoms with Gasteiger partial charge in [0.15, 0.2) is 5.78 Å². The highest BCUT2D eigenvalue weighted by Crippen LogP contribution is 2.41. The van der Waals surface area contributed by atoms with Crippen LogP contribution in [0.15, 0.2) is 16.7 Å². The van der Waals surface area contributed by atoms with E-state index in [0.29, 0.717) is 22.5 Å². The highest BCUT2D eigenvalue weighted by molar-refractivity contribution is 9.10. The largest absolute Gasteiger partial charge is 0.497 e. The average Bonchev–Trinajstić information content (AvgIpc) is 2.75. The molecule has 0 bridgehead atoms. The number of pyridine rings is 1. The van der Waals surface area contributed by atoms with E-state index in [1.807, 2.05) is 27.7 Å². The Kier molecular flexibility index (Phi) is 6.24. The molecule has 0 aromatic carbocycles. The molecular formula is C20H29BrN2O4. The molecule has 0 unspecified atom stereocenters. The van der Waals surface area contributed by atoms with Crippen molar-refractivity contribution < 1.29 is 19.1 Å². The van der Waals surface area contributed by atoms with Gasteiger partial charge in [0.1, 0.15) is 16.0 Å². The van der Waals surface area contributed by atoms with Crippen molar-refractivity contribution in [1.82, 2.24) is 9.88 Å². The van der Waals surface area contributed by atoms with E-state index in [4.69, 9.17) is 9.47 Å². The maximum atomic E-state index is 13.1. The minimum atomic E-state index is -0.615.